The summed E-state index contributed by atoms with van der Waals surface area (Å²) in [6, 6.07) is 8.98. The average Bonchev–Trinajstić information content (AvgIpc) is 3.24. The molecule has 1 aromatic carbocycles. The van der Waals surface area contributed by atoms with Crippen LogP contribution >= 0.6 is 11.6 Å². The molecule has 1 aliphatic carbocycles. The Labute approximate surface area is 146 Å². The van der Waals surface area contributed by atoms with Crippen molar-refractivity contribution >= 4 is 23.2 Å². The monoisotopic (exact) mass is 342 g/mol. The van der Waals surface area contributed by atoms with Gasteiger partial charge in [0, 0.05) is 23.8 Å². The van der Waals surface area contributed by atoms with Gasteiger partial charge in [0.2, 0.25) is 0 Å². The summed E-state index contributed by atoms with van der Waals surface area (Å²) in [7, 11) is 0. The van der Waals surface area contributed by atoms with E-state index in [-0.39, 0.29) is 11.9 Å². The van der Waals surface area contributed by atoms with Crippen LogP contribution in [-0.2, 0) is 0 Å². The van der Waals surface area contributed by atoms with Crippen molar-refractivity contribution in [2.24, 2.45) is 5.92 Å². The number of nitrogens with zero attached hydrogens (tertiary/aromatic N) is 4. The minimum absolute atomic E-state index is 0.0801. The Morgan fingerprint density at radius 3 is 2.83 bits per heavy atom. The van der Waals surface area contributed by atoms with E-state index in [0.29, 0.717) is 34.4 Å². The van der Waals surface area contributed by atoms with Crippen LogP contribution in [0.15, 0.2) is 30.5 Å². The van der Waals surface area contributed by atoms with E-state index in [9.17, 15) is 10.1 Å². The van der Waals surface area contributed by atoms with Gasteiger partial charge in [-0.15, -0.1) is 0 Å². The number of amides is 1. The summed E-state index contributed by atoms with van der Waals surface area (Å²) in [5, 5.41) is 14.2. The summed E-state index contributed by atoms with van der Waals surface area (Å²) < 4.78 is 1.71. The maximum Gasteiger partial charge on any atom is 0.276 e. The number of halogens is 1. The van der Waals surface area contributed by atoms with Crippen LogP contribution < -0.4 is 4.90 Å². The molecule has 1 aliphatic rings. The summed E-state index contributed by atoms with van der Waals surface area (Å²) in [6.07, 6.45) is 3.84. The Morgan fingerprint density at radius 1 is 1.46 bits per heavy atom. The van der Waals surface area contributed by atoms with Crippen LogP contribution in [0.25, 0.3) is 0 Å². The predicted molar refractivity (Wildman–Crippen MR) is 93.2 cm³/mol. The van der Waals surface area contributed by atoms with E-state index in [1.54, 1.807) is 40.0 Å². The molecule has 1 amide bonds. The second kappa shape index (κ2) is 6.66. The number of hydrogen-bond acceptors (Lipinski definition) is 3. The van der Waals surface area contributed by atoms with Crippen molar-refractivity contribution in [3.05, 3.63) is 46.7 Å². The molecule has 6 heteroatoms. The van der Waals surface area contributed by atoms with Gasteiger partial charge in [0.15, 0.2) is 0 Å². The van der Waals surface area contributed by atoms with Gasteiger partial charge in [0.25, 0.3) is 5.91 Å². The van der Waals surface area contributed by atoms with Crippen molar-refractivity contribution < 1.29 is 4.79 Å². The second-order valence-electron chi connectivity index (χ2n) is 6.39. The van der Waals surface area contributed by atoms with E-state index in [1.165, 1.54) is 0 Å². The summed E-state index contributed by atoms with van der Waals surface area (Å²) in [5.41, 5.74) is 1.54. The van der Waals surface area contributed by atoms with Crippen molar-refractivity contribution in [1.82, 2.24) is 9.78 Å². The van der Waals surface area contributed by atoms with Gasteiger partial charge in [0.05, 0.1) is 11.3 Å². The summed E-state index contributed by atoms with van der Waals surface area (Å²) in [5.74, 6) is 0.335. The van der Waals surface area contributed by atoms with Gasteiger partial charge >= 0.3 is 0 Å². The van der Waals surface area contributed by atoms with Crippen LogP contribution in [0.3, 0.4) is 0 Å². The molecule has 3 rings (SSSR count). The molecule has 0 saturated heterocycles. The van der Waals surface area contributed by atoms with Gasteiger partial charge in [-0.3, -0.25) is 9.48 Å². The Balaban J connectivity index is 2.04. The number of carbonyl (C=O) groups is 1. The van der Waals surface area contributed by atoms with E-state index in [2.05, 4.69) is 11.2 Å². The molecule has 0 N–H and O–H groups in total. The lowest BCUT2D eigenvalue weighted by molar-refractivity contribution is 0.0973. The molecule has 1 aromatic heterocycles. The molecule has 1 saturated carbocycles. The van der Waals surface area contributed by atoms with Gasteiger partial charge in [-0.2, -0.15) is 10.4 Å². The summed E-state index contributed by atoms with van der Waals surface area (Å²) in [4.78, 5) is 14.9. The lowest BCUT2D eigenvalue weighted by atomic mass is 10.1. The first-order chi connectivity index (χ1) is 11.5. The smallest absolute Gasteiger partial charge is 0.276 e. The molecular formula is C18H19ClN4O. The molecular weight excluding hydrogens is 324 g/mol. The molecule has 0 bridgehead atoms. The van der Waals surface area contributed by atoms with Crippen LogP contribution in [0, 0.1) is 17.2 Å². The maximum atomic E-state index is 13.2. The third-order valence-corrected chi connectivity index (χ3v) is 4.37. The van der Waals surface area contributed by atoms with E-state index in [1.807, 2.05) is 13.8 Å². The molecule has 0 aliphatic heterocycles. The Morgan fingerprint density at radius 2 is 2.21 bits per heavy atom. The number of carbonyl (C=O) groups excluding carboxylic acids is 1. The summed E-state index contributed by atoms with van der Waals surface area (Å²) >= 11 is 6.12. The minimum Gasteiger partial charge on any atom is -0.305 e. The maximum absolute atomic E-state index is 13.2. The van der Waals surface area contributed by atoms with Gasteiger partial charge in [-0.05, 0) is 56.9 Å². The minimum atomic E-state index is -0.146. The number of aromatic nitrogens is 2. The average molecular weight is 343 g/mol. The third kappa shape index (κ3) is 3.29. The fourth-order valence-corrected chi connectivity index (χ4v) is 2.87. The van der Waals surface area contributed by atoms with Crippen molar-refractivity contribution in [2.75, 3.05) is 11.4 Å². The number of hydrogen-bond donors (Lipinski definition) is 0. The van der Waals surface area contributed by atoms with Gasteiger partial charge < -0.3 is 4.90 Å². The first-order valence-electron chi connectivity index (χ1n) is 8.06. The zero-order valence-corrected chi connectivity index (χ0v) is 14.5. The van der Waals surface area contributed by atoms with E-state index in [4.69, 9.17) is 11.6 Å². The number of nitriles is 1. The largest absolute Gasteiger partial charge is 0.305 e. The van der Waals surface area contributed by atoms with Gasteiger partial charge in [-0.25, -0.2) is 0 Å². The SMILES string of the molecule is CC(C)n1nccc1C(=O)N(CC1CC1)c1cc(Cl)ccc1C#N. The fourth-order valence-electron chi connectivity index (χ4n) is 2.71. The Kier molecular flexibility index (Phi) is 4.59. The highest BCUT2D eigenvalue weighted by molar-refractivity contribution is 6.31. The molecule has 5 nitrogen and oxygen atoms in total. The Hall–Kier alpha value is -2.32. The highest BCUT2D eigenvalue weighted by Gasteiger charge is 2.31. The van der Waals surface area contributed by atoms with Crippen molar-refractivity contribution in [1.29, 1.82) is 5.26 Å². The van der Waals surface area contributed by atoms with Crippen molar-refractivity contribution in [2.45, 2.75) is 32.7 Å². The number of benzene rings is 1. The standard InChI is InChI=1S/C18H19ClN4O/c1-12(2)23-16(7-8-21-23)18(24)22(11-13-3-4-13)17-9-15(19)6-5-14(17)10-20/h5-9,12-13H,3-4,11H2,1-2H3. The molecule has 0 radical (unpaired) electrons. The zero-order valence-electron chi connectivity index (χ0n) is 13.7. The van der Waals surface area contributed by atoms with Crippen molar-refractivity contribution in [3.63, 3.8) is 0 Å². The normalized spacial score (nSPS) is 13.8. The summed E-state index contributed by atoms with van der Waals surface area (Å²) in [6.45, 7) is 4.56. The highest BCUT2D eigenvalue weighted by Crippen LogP contribution is 2.34. The van der Waals surface area contributed by atoms with E-state index in [0.717, 1.165) is 12.8 Å². The molecule has 24 heavy (non-hydrogen) atoms. The van der Waals surface area contributed by atoms with Gasteiger partial charge in [-0.1, -0.05) is 11.6 Å². The van der Waals surface area contributed by atoms with Crippen LogP contribution in [0.5, 0.6) is 0 Å². The topological polar surface area (TPSA) is 61.9 Å². The van der Waals surface area contributed by atoms with Crippen LogP contribution in [0.2, 0.25) is 5.02 Å². The predicted octanol–water partition coefficient (Wildman–Crippen LogP) is 4.05. The quantitative estimate of drug-likeness (QED) is 0.823. The second-order valence-corrected chi connectivity index (χ2v) is 6.82. The molecule has 124 valence electrons. The Bertz CT molecular complexity index is 802. The lowest BCUT2D eigenvalue weighted by Gasteiger charge is -2.25. The lowest BCUT2D eigenvalue weighted by Crippen LogP contribution is -2.35. The van der Waals surface area contributed by atoms with Crippen molar-refractivity contribution in [3.8, 4) is 6.07 Å². The van der Waals surface area contributed by atoms with Crippen LogP contribution in [-0.4, -0.2) is 22.2 Å². The first-order valence-corrected chi connectivity index (χ1v) is 8.44. The fraction of sp³-hybridized carbons (Fsp3) is 0.389. The van der Waals surface area contributed by atoms with Crippen LogP contribution in [0.4, 0.5) is 5.69 Å². The number of rotatable bonds is 5. The third-order valence-electron chi connectivity index (χ3n) is 4.13. The molecule has 0 spiro atoms. The molecule has 0 atom stereocenters. The van der Waals surface area contributed by atoms with E-state index >= 15 is 0 Å². The highest BCUT2D eigenvalue weighted by atomic mass is 35.5. The molecule has 1 heterocycles. The molecule has 1 fully saturated rings. The van der Waals surface area contributed by atoms with Crippen LogP contribution in [0.1, 0.15) is 48.8 Å². The molecule has 0 unspecified atom stereocenters. The zero-order chi connectivity index (χ0) is 17.3. The number of anilines is 1. The van der Waals surface area contributed by atoms with Gasteiger partial charge in [0.1, 0.15) is 11.8 Å². The first kappa shape index (κ1) is 16.5. The molecule has 2 aromatic rings. The van der Waals surface area contributed by atoms with E-state index < -0.39 is 0 Å².